The van der Waals surface area contributed by atoms with E-state index in [1.54, 1.807) is 5.30 Å². The van der Waals surface area contributed by atoms with Gasteiger partial charge in [0.05, 0.1) is 0 Å². The van der Waals surface area contributed by atoms with Gasteiger partial charge in [-0.3, -0.25) is 0 Å². The molecule has 0 aromatic heterocycles. The molecule has 0 amide bonds. The maximum Gasteiger partial charge on any atom is 2.00 e. The van der Waals surface area contributed by atoms with Crippen molar-refractivity contribution in [3.8, 4) is 0 Å². The molecule has 0 fully saturated rings. The van der Waals surface area contributed by atoms with E-state index in [1.807, 2.05) is 30.3 Å². The average molecular weight is 302 g/mol. The second-order valence-electron chi connectivity index (χ2n) is 4.70. The Labute approximate surface area is 124 Å². The van der Waals surface area contributed by atoms with Crippen molar-refractivity contribution in [2.24, 2.45) is 0 Å². The predicted molar refractivity (Wildman–Crippen MR) is 80.9 cm³/mol. The van der Waals surface area contributed by atoms with E-state index in [4.69, 9.17) is 0 Å². The standard InChI is InChI=1S/C11H18P.C5H5.Fe/c1-9(2)12(10(3)4)11-7-5-6-8-11;1-2-4-5-3-1;/h5-10H,1-4H3;1-5H;/q2*-1;+2. The van der Waals surface area contributed by atoms with E-state index in [1.165, 1.54) is 0 Å². The van der Waals surface area contributed by atoms with E-state index in [-0.39, 0.29) is 25.0 Å². The van der Waals surface area contributed by atoms with Gasteiger partial charge in [0.1, 0.15) is 0 Å². The second-order valence-corrected chi connectivity index (χ2v) is 8.10. The van der Waals surface area contributed by atoms with Gasteiger partial charge in [0.2, 0.25) is 0 Å². The Morgan fingerprint density at radius 3 is 1.72 bits per heavy atom. The molecule has 0 unspecified atom stereocenters. The third-order valence-corrected chi connectivity index (χ3v) is 5.73. The van der Waals surface area contributed by atoms with Crippen LogP contribution in [0.15, 0.2) is 54.6 Å². The zero-order chi connectivity index (χ0) is 12.7. The summed E-state index contributed by atoms with van der Waals surface area (Å²) in [7, 11) is 0.0633. The Bertz CT molecular complexity index is 335. The van der Waals surface area contributed by atoms with Gasteiger partial charge in [-0.15, -0.1) is 5.30 Å². The molecular weight excluding hydrogens is 279 g/mol. The van der Waals surface area contributed by atoms with Crippen molar-refractivity contribution >= 4 is 13.2 Å². The second kappa shape index (κ2) is 9.56. The van der Waals surface area contributed by atoms with Crippen molar-refractivity contribution in [1.29, 1.82) is 0 Å². The van der Waals surface area contributed by atoms with Gasteiger partial charge in [-0.2, -0.15) is 30.3 Å². The first-order valence-electron chi connectivity index (χ1n) is 6.29. The summed E-state index contributed by atoms with van der Waals surface area (Å²) < 4.78 is 0. The first-order chi connectivity index (χ1) is 8.13. The molecule has 0 aliphatic carbocycles. The van der Waals surface area contributed by atoms with Crippen LogP contribution >= 0.6 is 7.92 Å². The minimum Gasteiger partial charge on any atom is -0.214 e. The van der Waals surface area contributed by atoms with Crippen LogP contribution in [0, 0.1) is 0 Å². The molecule has 0 saturated heterocycles. The summed E-state index contributed by atoms with van der Waals surface area (Å²) in [5.41, 5.74) is 1.62. The van der Waals surface area contributed by atoms with Crippen molar-refractivity contribution in [3.05, 3.63) is 54.6 Å². The molecule has 18 heavy (non-hydrogen) atoms. The van der Waals surface area contributed by atoms with Crippen LogP contribution in [0.4, 0.5) is 0 Å². The van der Waals surface area contributed by atoms with Gasteiger partial charge in [-0.05, 0) is 11.3 Å². The van der Waals surface area contributed by atoms with Crippen LogP contribution < -0.4 is 5.30 Å². The smallest absolute Gasteiger partial charge is 0.214 e. The molecule has 2 rings (SSSR count). The number of hydrogen-bond donors (Lipinski definition) is 0. The van der Waals surface area contributed by atoms with Gasteiger partial charge in [0.25, 0.3) is 0 Å². The summed E-state index contributed by atoms with van der Waals surface area (Å²) in [5, 5.41) is 1.56. The van der Waals surface area contributed by atoms with Gasteiger partial charge in [0.15, 0.2) is 0 Å². The number of hydrogen-bond acceptors (Lipinski definition) is 0. The van der Waals surface area contributed by atoms with Gasteiger partial charge < -0.3 is 0 Å². The van der Waals surface area contributed by atoms with Gasteiger partial charge in [-0.1, -0.05) is 35.6 Å². The first kappa shape index (κ1) is 17.6. The largest absolute Gasteiger partial charge is 2.00 e. The molecular formula is C16H23FeP. The van der Waals surface area contributed by atoms with Crippen molar-refractivity contribution in [2.45, 2.75) is 39.0 Å². The van der Waals surface area contributed by atoms with E-state index in [0.29, 0.717) is 0 Å². The summed E-state index contributed by atoms with van der Waals surface area (Å²) in [4.78, 5) is 0. The molecule has 0 N–H and O–H groups in total. The Morgan fingerprint density at radius 1 is 0.889 bits per heavy atom. The molecule has 0 atom stereocenters. The molecule has 0 spiro atoms. The molecule has 0 radical (unpaired) electrons. The Morgan fingerprint density at radius 2 is 1.44 bits per heavy atom. The summed E-state index contributed by atoms with van der Waals surface area (Å²) >= 11 is 0. The van der Waals surface area contributed by atoms with E-state index in [2.05, 4.69) is 52.0 Å². The van der Waals surface area contributed by atoms with Crippen molar-refractivity contribution in [1.82, 2.24) is 0 Å². The summed E-state index contributed by atoms with van der Waals surface area (Å²) in [5.74, 6) is 0. The molecule has 0 aliphatic rings. The molecule has 0 bridgehead atoms. The van der Waals surface area contributed by atoms with Gasteiger partial charge >= 0.3 is 17.1 Å². The van der Waals surface area contributed by atoms with Crippen LogP contribution in [0.1, 0.15) is 27.7 Å². The van der Waals surface area contributed by atoms with Crippen molar-refractivity contribution in [2.75, 3.05) is 0 Å². The third-order valence-electron chi connectivity index (χ3n) is 2.61. The SMILES string of the molecule is CC(C)P(c1ccc[cH-]1)C(C)C.[Fe+2].c1cc[cH-]c1. The minimum absolute atomic E-state index is 0. The van der Waals surface area contributed by atoms with Crippen LogP contribution in [-0.4, -0.2) is 11.3 Å². The van der Waals surface area contributed by atoms with Crippen LogP contribution in [-0.2, 0) is 17.1 Å². The maximum absolute atomic E-state index is 2.33. The average Bonchev–Trinajstić information content (AvgIpc) is 2.91. The summed E-state index contributed by atoms with van der Waals surface area (Å²) in [6.07, 6.45) is 0. The number of rotatable bonds is 3. The normalized spacial score (nSPS) is 10.2. The van der Waals surface area contributed by atoms with E-state index in [0.717, 1.165) is 11.3 Å². The summed E-state index contributed by atoms with van der Waals surface area (Å²) in [6.45, 7) is 9.33. The van der Waals surface area contributed by atoms with Crippen LogP contribution in [0.5, 0.6) is 0 Å². The molecule has 0 nitrogen and oxygen atoms in total. The zero-order valence-corrected chi connectivity index (χ0v) is 13.7. The molecule has 100 valence electrons. The van der Waals surface area contributed by atoms with Crippen LogP contribution in [0.3, 0.4) is 0 Å². The Balaban J connectivity index is 0.000000405. The Kier molecular flexibility index (Phi) is 9.38. The van der Waals surface area contributed by atoms with Crippen LogP contribution in [0.25, 0.3) is 0 Å². The van der Waals surface area contributed by atoms with E-state index < -0.39 is 0 Å². The predicted octanol–water partition coefficient (Wildman–Crippen LogP) is 4.73. The van der Waals surface area contributed by atoms with Crippen LogP contribution in [0.2, 0.25) is 0 Å². The minimum atomic E-state index is 0. The van der Waals surface area contributed by atoms with E-state index >= 15 is 0 Å². The molecule has 2 aromatic carbocycles. The monoisotopic (exact) mass is 302 g/mol. The maximum atomic E-state index is 2.33. The Hall–Kier alpha value is -0.351. The fourth-order valence-electron chi connectivity index (χ4n) is 2.05. The van der Waals surface area contributed by atoms with Crippen molar-refractivity contribution < 1.29 is 17.1 Å². The van der Waals surface area contributed by atoms with E-state index in [9.17, 15) is 0 Å². The molecule has 2 aromatic rings. The quantitative estimate of drug-likeness (QED) is 0.437. The van der Waals surface area contributed by atoms with Crippen molar-refractivity contribution in [3.63, 3.8) is 0 Å². The molecule has 0 aliphatic heterocycles. The third kappa shape index (κ3) is 6.00. The van der Waals surface area contributed by atoms with Gasteiger partial charge in [-0.25, -0.2) is 24.3 Å². The zero-order valence-electron chi connectivity index (χ0n) is 11.7. The fourth-order valence-corrected chi connectivity index (χ4v) is 4.95. The topological polar surface area (TPSA) is 0 Å². The molecule has 0 saturated carbocycles. The fraction of sp³-hybridized carbons (Fsp3) is 0.375. The molecule has 0 heterocycles. The van der Waals surface area contributed by atoms with Gasteiger partial charge in [0, 0.05) is 0 Å². The molecule has 2 heteroatoms. The summed E-state index contributed by atoms with van der Waals surface area (Å²) in [6, 6.07) is 18.8. The first-order valence-corrected chi connectivity index (χ1v) is 7.77.